The Morgan fingerprint density at radius 2 is 1.53 bits per heavy atom. The van der Waals surface area contributed by atoms with E-state index in [4.69, 9.17) is 9.16 Å². The largest absolute Gasteiger partial charge is 0.542 e. The number of hydrogen-bond donors (Lipinski definition) is 0. The average Bonchev–Trinajstić information content (AvgIpc) is 2.95. The molecule has 2 aliphatic rings. The highest BCUT2D eigenvalue weighted by Crippen LogP contribution is 2.58. The summed E-state index contributed by atoms with van der Waals surface area (Å²) in [6.45, 7) is 25.8. The summed E-state index contributed by atoms with van der Waals surface area (Å²) in [5.41, 5.74) is 6.93. The van der Waals surface area contributed by atoms with Crippen LogP contribution in [-0.2, 0) is 12.0 Å². The number of hydrogen-bond acceptors (Lipinski definition) is 2. The molecule has 176 valence electrons. The van der Waals surface area contributed by atoms with Crippen molar-refractivity contribution in [2.75, 3.05) is 0 Å². The van der Waals surface area contributed by atoms with Crippen molar-refractivity contribution in [3.05, 3.63) is 34.4 Å². The molecule has 1 aliphatic heterocycles. The Hall–Kier alpha value is -1.48. The zero-order valence-electron chi connectivity index (χ0n) is 22.3. The van der Waals surface area contributed by atoms with Gasteiger partial charge >= 0.3 is 0 Å². The molecule has 4 rings (SSSR count). The van der Waals surface area contributed by atoms with Crippen molar-refractivity contribution in [3.63, 3.8) is 0 Å². The van der Waals surface area contributed by atoms with Crippen molar-refractivity contribution >= 4 is 19.1 Å². The van der Waals surface area contributed by atoms with Gasteiger partial charge in [-0.1, -0.05) is 74.4 Å². The Morgan fingerprint density at radius 1 is 0.938 bits per heavy atom. The van der Waals surface area contributed by atoms with E-state index in [-0.39, 0.29) is 5.60 Å². The van der Waals surface area contributed by atoms with Crippen LogP contribution in [0, 0.1) is 0 Å². The van der Waals surface area contributed by atoms with Crippen molar-refractivity contribution in [1.29, 1.82) is 0 Å². The molecule has 0 saturated carbocycles. The molecular weight excluding hydrogens is 408 g/mol. The molecule has 0 spiro atoms. The van der Waals surface area contributed by atoms with Crippen LogP contribution < -0.4 is 9.16 Å². The first-order chi connectivity index (χ1) is 14.8. The Kier molecular flexibility index (Phi) is 5.76. The summed E-state index contributed by atoms with van der Waals surface area (Å²) < 4.78 is 14.3. The van der Waals surface area contributed by atoms with Gasteiger partial charge in [-0.25, -0.2) is 0 Å². The first kappa shape index (κ1) is 23.7. The van der Waals surface area contributed by atoms with Gasteiger partial charge in [0.05, 0.1) is 0 Å². The van der Waals surface area contributed by atoms with Crippen molar-refractivity contribution in [2.45, 2.75) is 123 Å². The predicted molar refractivity (Wildman–Crippen MR) is 140 cm³/mol. The van der Waals surface area contributed by atoms with Gasteiger partial charge in [-0.3, -0.25) is 0 Å². The van der Waals surface area contributed by atoms with Gasteiger partial charge in [0.15, 0.2) is 0 Å². The molecule has 2 aromatic carbocycles. The quantitative estimate of drug-likeness (QED) is 0.407. The summed E-state index contributed by atoms with van der Waals surface area (Å²) in [5, 5.41) is 2.82. The molecule has 3 heteroatoms. The molecule has 0 saturated heterocycles. The maximum Gasteiger partial charge on any atom is 0.258 e. The lowest BCUT2D eigenvalue weighted by Gasteiger charge is -2.44. The molecular formula is C29H44O2Si. The standard InChI is InChI=1S/C29H44O2Si/c1-16(2)24-27(31-32(17(3)4,18(5)6)19(7)8)22-13-12-20(9)21-14-15-23-26(25(21)22)28(24)30-29(23,10)11/h14-20H,12-13H2,1-11H3. The molecule has 0 radical (unpaired) electrons. The molecule has 0 fully saturated rings. The number of aryl methyl sites for hydroxylation is 1. The summed E-state index contributed by atoms with van der Waals surface area (Å²) in [7, 11) is -2.10. The van der Waals surface area contributed by atoms with Crippen LogP contribution in [0.3, 0.4) is 0 Å². The maximum absolute atomic E-state index is 7.53. The van der Waals surface area contributed by atoms with E-state index in [9.17, 15) is 0 Å². The third-order valence-electron chi connectivity index (χ3n) is 8.46. The van der Waals surface area contributed by atoms with Gasteiger partial charge < -0.3 is 9.16 Å². The van der Waals surface area contributed by atoms with Crippen molar-refractivity contribution < 1.29 is 9.16 Å². The summed E-state index contributed by atoms with van der Waals surface area (Å²) in [4.78, 5) is 0. The summed E-state index contributed by atoms with van der Waals surface area (Å²) in [6, 6.07) is 4.71. The zero-order chi connectivity index (χ0) is 23.7. The molecule has 1 atom stereocenters. The predicted octanol–water partition coefficient (Wildman–Crippen LogP) is 9.19. The summed E-state index contributed by atoms with van der Waals surface area (Å²) >= 11 is 0. The second-order valence-corrected chi connectivity index (χ2v) is 17.5. The second-order valence-electron chi connectivity index (χ2n) is 12.1. The number of rotatable bonds is 6. The van der Waals surface area contributed by atoms with Crippen LogP contribution in [0.2, 0.25) is 16.6 Å². The number of ether oxygens (including phenoxy) is 1. The van der Waals surface area contributed by atoms with Gasteiger partial charge in [0.1, 0.15) is 17.1 Å². The van der Waals surface area contributed by atoms with Gasteiger partial charge in [0.2, 0.25) is 0 Å². The van der Waals surface area contributed by atoms with Crippen LogP contribution >= 0.6 is 0 Å². The average molecular weight is 453 g/mol. The van der Waals surface area contributed by atoms with E-state index >= 15 is 0 Å². The lowest BCUT2D eigenvalue weighted by atomic mass is 9.77. The van der Waals surface area contributed by atoms with E-state index in [2.05, 4.69) is 88.3 Å². The van der Waals surface area contributed by atoms with E-state index in [1.165, 1.54) is 45.2 Å². The Balaban J connectivity index is 2.12. The molecule has 0 N–H and O–H groups in total. The third-order valence-corrected chi connectivity index (χ3v) is 14.4. The minimum absolute atomic E-state index is 0.302. The third kappa shape index (κ3) is 3.17. The minimum Gasteiger partial charge on any atom is -0.542 e. The fraction of sp³-hybridized carbons (Fsp3) is 0.655. The highest BCUT2D eigenvalue weighted by molar-refractivity contribution is 6.78. The van der Waals surface area contributed by atoms with E-state index < -0.39 is 8.32 Å². The minimum atomic E-state index is -2.10. The molecule has 0 aromatic heterocycles. The normalized spacial score (nSPS) is 19.5. The van der Waals surface area contributed by atoms with E-state index in [1.807, 2.05) is 0 Å². The van der Waals surface area contributed by atoms with Gasteiger partial charge in [-0.05, 0) is 66.1 Å². The van der Waals surface area contributed by atoms with Gasteiger partial charge in [0, 0.05) is 22.1 Å². The van der Waals surface area contributed by atoms with Crippen LogP contribution in [0.5, 0.6) is 11.5 Å². The Bertz CT molecular complexity index is 1020. The smallest absolute Gasteiger partial charge is 0.258 e. The van der Waals surface area contributed by atoms with Crippen LogP contribution in [0.4, 0.5) is 0 Å². The van der Waals surface area contributed by atoms with Crippen LogP contribution in [0.15, 0.2) is 12.1 Å². The highest BCUT2D eigenvalue weighted by atomic mass is 28.4. The molecule has 0 amide bonds. The van der Waals surface area contributed by atoms with Crippen molar-refractivity contribution in [2.24, 2.45) is 0 Å². The molecule has 1 aliphatic carbocycles. The lowest BCUT2D eigenvalue weighted by molar-refractivity contribution is 0.123. The molecule has 2 nitrogen and oxygen atoms in total. The fourth-order valence-corrected chi connectivity index (χ4v) is 12.2. The Labute approximate surface area is 197 Å². The van der Waals surface area contributed by atoms with Gasteiger partial charge in [-0.15, -0.1) is 0 Å². The zero-order valence-corrected chi connectivity index (χ0v) is 23.3. The van der Waals surface area contributed by atoms with E-state index in [0.29, 0.717) is 28.5 Å². The molecule has 1 unspecified atom stereocenters. The topological polar surface area (TPSA) is 18.5 Å². The maximum atomic E-state index is 7.53. The first-order valence-electron chi connectivity index (χ1n) is 12.9. The molecule has 1 heterocycles. The second kappa shape index (κ2) is 7.79. The molecule has 2 aromatic rings. The van der Waals surface area contributed by atoms with Crippen LogP contribution in [-0.4, -0.2) is 8.32 Å². The molecule has 32 heavy (non-hydrogen) atoms. The lowest BCUT2D eigenvalue weighted by Crippen LogP contribution is -2.51. The van der Waals surface area contributed by atoms with Gasteiger partial charge in [0.25, 0.3) is 8.32 Å². The van der Waals surface area contributed by atoms with Crippen LogP contribution in [0.25, 0.3) is 10.8 Å². The van der Waals surface area contributed by atoms with E-state index in [0.717, 1.165) is 12.2 Å². The van der Waals surface area contributed by atoms with Crippen molar-refractivity contribution in [1.82, 2.24) is 0 Å². The fourth-order valence-electron chi connectivity index (χ4n) is 6.95. The number of benzene rings is 2. The van der Waals surface area contributed by atoms with Crippen molar-refractivity contribution in [3.8, 4) is 11.5 Å². The SMILES string of the molecule is CC(C)c1c(O[Si](C(C)C)(C(C)C)C(C)C)c2c3c(ccc4c3c1OC4(C)C)C(C)CC2. The highest BCUT2D eigenvalue weighted by Gasteiger charge is 2.49. The van der Waals surface area contributed by atoms with Crippen LogP contribution in [0.1, 0.15) is 117 Å². The Morgan fingerprint density at radius 3 is 2.06 bits per heavy atom. The van der Waals surface area contributed by atoms with E-state index in [1.54, 1.807) is 0 Å². The first-order valence-corrected chi connectivity index (χ1v) is 15.0. The monoisotopic (exact) mass is 452 g/mol. The summed E-state index contributed by atoms with van der Waals surface area (Å²) in [5.74, 6) is 3.22. The van der Waals surface area contributed by atoms with Gasteiger partial charge in [-0.2, -0.15) is 0 Å². The summed E-state index contributed by atoms with van der Waals surface area (Å²) in [6.07, 6.45) is 2.29. The molecule has 0 bridgehead atoms.